The Balaban J connectivity index is 3.14. The number of hydrogen-bond donors (Lipinski definition) is 1. The van der Waals surface area contributed by atoms with Crippen LogP contribution in [-0.4, -0.2) is 40.0 Å². The topological polar surface area (TPSA) is 58.6 Å². The maximum Gasteiger partial charge on any atom is 0.247 e. The normalized spacial score (nSPS) is 11.4. The van der Waals surface area contributed by atoms with Gasteiger partial charge < -0.3 is 10.1 Å². The van der Waals surface area contributed by atoms with Crippen molar-refractivity contribution in [2.24, 2.45) is 0 Å². The van der Waals surface area contributed by atoms with E-state index in [0.29, 0.717) is 12.3 Å². The number of ether oxygens (including phenoxy) is 1. The van der Waals surface area contributed by atoms with E-state index in [1.165, 1.54) is 14.2 Å². The van der Waals surface area contributed by atoms with Gasteiger partial charge in [0, 0.05) is 13.6 Å². The van der Waals surface area contributed by atoms with Gasteiger partial charge in [-0.2, -0.15) is 4.31 Å². The minimum atomic E-state index is -3.66. The molecule has 1 aromatic rings. The molecule has 1 N–H and O–H groups in total. The van der Waals surface area contributed by atoms with Crippen molar-refractivity contribution >= 4 is 10.0 Å². The molecule has 116 valence electrons. The fourth-order valence-electron chi connectivity index (χ4n) is 1.82. The summed E-state index contributed by atoms with van der Waals surface area (Å²) < 4.78 is 31.3. The molecule has 21 heavy (non-hydrogen) atoms. The number of methoxy groups -OCH3 is 1. The van der Waals surface area contributed by atoms with Crippen molar-refractivity contribution in [1.82, 2.24) is 9.62 Å². The largest absolute Gasteiger partial charge is 0.495 e. The molecule has 1 rings (SSSR count). The molecule has 0 amide bonds. The summed E-state index contributed by atoms with van der Waals surface area (Å²) in [6, 6.07) is 5.14. The van der Waals surface area contributed by atoms with Crippen molar-refractivity contribution in [2.75, 3.05) is 27.2 Å². The van der Waals surface area contributed by atoms with Crippen LogP contribution in [0.25, 0.3) is 0 Å². The summed E-state index contributed by atoms with van der Waals surface area (Å²) in [7, 11) is -0.755. The van der Waals surface area contributed by atoms with Crippen LogP contribution >= 0.6 is 0 Å². The second-order valence-electron chi connectivity index (χ2n) is 4.63. The second-order valence-corrected chi connectivity index (χ2v) is 6.64. The highest BCUT2D eigenvalue weighted by Gasteiger charge is 2.24. The fourth-order valence-corrected chi connectivity index (χ4v) is 3.11. The number of nitrogens with one attached hydrogen (secondary N) is 1. The van der Waals surface area contributed by atoms with Crippen molar-refractivity contribution < 1.29 is 13.2 Å². The molecule has 0 aliphatic rings. The smallest absolute Gasteiger partial charge is 0.247 e. The van der Waals surface area contributed by atoms with Crippen LogP contribution in [0.2, 0.25) is 0 Å². The minimum Gasteiger partial charge on any atom is -0.495 e. The number of sulfonamides is 1. The molecule has 0 saturated heterocycles. The lowest BCUT2D eigenvalue weighted by molar-refractivity contribution is 0.399. The van der Waals surface area contributed by atoms with Gasteiger partial charge in [0.15, 0.2) is 0 Å². The Labute approximate surface area is 127 Å². The van der Waals surface area contributed by atoms with Gasteiger partial charge in [0.05, 0.1) is 13.7 Å². The minimum absolute atomic E-state index is 0.0177. The Morgan fingerprint density at radius 3 is 2.71 bits per heavy atom. The summed E-state index contributed by atoms with van der Waals surface area (Å²) in [5, 5.41) is 3.24. The third-order valence-corrected chi connectivity index (χ3v) is 4.81. The summed E-state index contributed by atoms with van der Waals surface area (Å²) >= 11 is 0. The van der Waals surface area contributed by atoms with Crippen molar-refractivity contribution in [3.05, 3.63) is 23.8 Å². The molecule has 0 atom stereocenters. The molecule has 0 aromatic heterocycles. The predicted octanol–water partition coefficient (Wildman–Crippen LogP) is 1.45. The Hall–Kier alpha value is -1.55. The Kier molecular flexibility index (Phi) is 6.69. The van der Waals surface area contributed by atoms with Gasteiger partial charge in [-0.1, -0.05) is 18.9 Å². The first-order valence-corrected chi connectivity index (χ1v) is 8.18. The van der Waals surface area contributed by atoms with E-state index < -0.39 is 10.0 Å². The average Bonchev–Trinajstić information content (AvgIpc) is 2.47. The van der Waals surface area contributed by atoms with Gasteiger partial charge in [0.2, 0.25) is 10.0 Å². The summed E-state index contributed by atoms with van der Waals surface area (Å²) in [5.41, 5.74) is 0.886. The third-order valence-electron chi connectivity index (χ3n) is 2.99. The lowest BCUT2D eigenvalue weighted by Gasteiger charge is -2.17. The van der Waals surface area contributed by atoms with Crippen LogP contribution in [-0.2, 0) is 16.6 Å². The van der Waals surface area contributed by atoms with E-state index in [-0.39, 0.29) is 11.4 Å². The van der Waals surface area contributed by atoms with Gasteiger partial charge >= 0.3 is 0 Å². The zero-order valence-electron chi connectivity index (χ0n) is 12.7. The second kappa shape index (κ2) is 8.03. The van der Waals surface area contributed by atoms with Gasteiger partial charge in [-0.05, 0) is 30.7 Å². The van der Waals surface area contributed by atoms with Crippen molar-refractivity contribution in [2.45, 2.75) is 24.8 Å². The van der Waals surface area contributed by atoms with Crippen LogP contribution in [0, 0.1) is 12.3 Å². The van der Waals surface area contributed by atoms with E-state index in [1.54, 1.807) is 12.1 Å². The van der Waals surface area contributed by atoms with Gasteiger partial charge in [-0.15, -0.1) is 6.42 Å². The summed E-state index contributed by atoms with van der Waals surface area (Å²) in [4.78, 5) is 0.138. The first kappa shape index (κ1) is 17.5. The monoisotopic (exact) mass is 310 g/mol. The molecule has 0 unspecified atom stereocenters. The van der Waals surface area contributed by atoms with E-state index in [0.717, 1.165) is 22.8 Å². The highest BCUT2D eigenvalue weighted by Crippen LogP contribution is 2.27. The molecule has 0 saturated carbocycles. The number of terminal acetylenes is 1. The zero-order chi connectivity index (χ0) is 15.9. The number of benzene rings is 1. The highest BCUT2D eigenvalue weighted by molar-refractivity contribution is 7.89. The standard InChI is InChI=1S/C15H22N2O3S/c1-5-9-16-12-13-7-8-14(20-4)15(11-13)21(18,19)17(3)10-6-2/h2,7-8,11,16H,5,9-10,12H2,1,3-4H3. The molecule has 0 heterocycles. The van der Waals surface area contributed by atoms with Crippen molar-refractivity contribution in [3.8, 4) is 18.1 Å². The molecule has 0 fully saturated rings. The first-order valence-electron chi connectivity index (χ1n) is 6.74. The van der Waals surface area contributed by atoms with Crippen LogP contribution in [0.3, 0.4) is 0 Å². The maximum absolute atomic E-state index is 12.5. The summed E-state index contributed by atoms with van der Waals surface area (Å²) in [6.07, 6.45) is 6.21. The van der Waals surface area contributed by atoms with Crippen molar-refractivity contribution in [3.63, 3.8) is 0 Å². The molecule has 0 aliphatic carbocycles. The lowest BCUT2D eigenvalue weighted by atomic mass is 10.2. The zero-order valence-corrected chi connectivity index (χ0v) is 13.5. The molecule has 5 nitrogen and oxygen atoms in total. The summed E-state index contributed by atoms with van der Waals surface area (Å²) in [6.45, 7) is 3.58. The van der Waals surface area contributed by atoms with E-state index in [9.17, 15) is 8.42 Å². The molecule has 1 aromatic carbocycles. The summed E-state index contributed by atoms with van der Waals surface area (Å²) in [5.74, 6) is 2.65. The quantitative estimate of drug-likeness (QED) is 0.583. The molecule has 0 bridgehead atoms. The lowest BCUT2D eigenvalue weighted by Crippen LogP contribution is -2.28. The number of hydrogen-bond acceptors (Lipinski definition) is 4. The number of nitrogens with zero attached hydrogens (tertiary/aromatic N) is 1. The average molecular weight is 310 g/mol. The van der Waals surface area contributed by atoms with Crippen molar-refractivity contribution in [1.29, 1.82) is 0 Å². The first-order chi connectivity index (χ1) is 9.97. The fraction of sp³-hybridized carbons (Fsp3) is 0.467. The predicted molar refractivity (Wildman–Crippen MR) is 83.6 cm³/mol. The molecule has 0 radical (unpaired) electrons. The van der Waals surface area contributed by atoms with Crippen LogP contribution in [0.4, 0.5) is 0 Å². The maximum atomic E-state index is 12.5. The Bertz CT molecular complexity index is 606. The van der Waals surface area contributed by atoms with Gasteiger partial charge in [-0.3, -0.25) is 0 Å². The number of rotatable bonds is 8. The molecule has 0 spiro atoms. The molecule has 0 aliphatic heterocycles. The van der Waals surface area contributed by atoms with E-state index in [4.69, 9.17) is 11.2 Å². The molecular formula is C15H22N2O3S. The van der Waals surface area contributed by atoms with Crippen LogP contribution < -0.4 is 10.1 Å². The third kappa shape index (κ3) is 4.46. The Morgan fingerprint density at radius 1 is 1.43 bits per heavy atom. The SMILES string of the molecule is C#CCN(C)S(=O)(=O)c1cc(CNCCC)ccc1OC. The molecular weight excluding hydrogens is 288 g/mol. The van der Waals surface area contributed by atoms with Crippen LogP contribution in [0.5, 0.6) is 5.75 Å². The van der Waals surface area contributed by atoms with Crippen LogP contribution in [0.1, 0.15) is 18.9 Å². The highest BCUT2D eigenvalue weighted by atomic mass is 32.2. The Morgan fingerprint density at radius 2 is 2.14 bits per heavy atom. The van der Waals surface area contributed by atoms with E-state index >= 15 is 0 Å². The van der Waals surface area contributed by atoms with E-state index in [2.05, 4.69) is 18.2 Å². The van der Waals surface area contributed by atoms with Gasteiger partial charge in [-0.25, -0.2) is 8.42 Å². The van der Waals surface area contributed by atoms with E-state index in [1.807, 2.05) is 6.07 Å². The van der Waals surface area contributed by atoms with Gasteiger partial charge in [0.25, 0.3) is 0 Å². The van der Waals surface area contributed by atoms with Crippen LogP contribution in [0.15, 0.2) is 23.1 Å². The molecule has 6 heteroatoms. The van der Waals surface area contributed by atoms with Gasteiger partial charge in [0.1, 0.15) is 10.6 Å².